The van der Waals surface area contributed by atoms with E-state index in [4.69, 9.17) is 0 Å². The summed E-state index contributed by atoms with van der Waals surface area (Å²) in [6, 6.07) is 15.9. The number of hydrogen-bond acceptors (Lipinski definition) is 2. The van der Waals surface area contributed by atoms with Gasteiger partial charge in [0.25, 0.3) is 0 Å². The van der Waals surface area contributed by atoms with E-state index in [1.807, 2.05) is 42.5 Å². The summed E-state index contributed by atoms with van der Waals surface area (Å²) in [4.78, 5) is 0. The second-order valence-corrected chi connectivity index (χ2v) is 3.88. The van der Waals surface area contributed by atoms with Gasteiger partial charge in [-0.15, -0.1) is 0 Å². The van der Waals surface area contributed by atoms with Gasteiger partial charge in [-0.25, -0.2) is 0 Å². The lowest BCUT2D eigenvalue weighted by molar-refractivity contribution is 1.21. The maximum Gasteiger partial charge on any atom is 0.0862 e. The molecule has 2 aromatic carbocycles. The molecular weight excluding hydrogens is 196 g/mol. The molecule has 80 valence electrons. The van der Waals surface area contributed by atoms with Crippen LogP contribution in [0.25, 0.3) is 0 Å². The van der Waals surface area contributed by atoms with Crippen LogP contribution in [0, 0.1) is 13.8 Å². The number of aryl methyl sites for hydroxylation is 2. The summed E-state index contributed by atoms with van der Waals surface area (Å²) >= 11 is 0. The van der Waals surface area contributed by atoms with E-state index in [0.717, 1.165) is 11.4 Å². The Hall–Kier alpha value is -1.96. The van der Waals surface area contributed by atoms with Crippen molar-refractivity contribution < 1.29 is 0 Å². The average Bonchev–Trinajstić information content (AvgIpc) is 2.27. The monoisotopic (exact) mass is 210 g/mol. The molecule has 0 heterocycles. The van der Waals surface area contributed by atoms with Crippen LogP contribution in [0.1, 0.15) is 11.1 Å². The molecule has 0 unspecified atom stereocenters. The Labute approximate surface area is 95.7 Å². The quantitative estimate of drug-likeness (QED) is 0.641. The zero-order valence-electron chi connectivity index (χ0n) is 9.51. The van der Waals surface area contributed by atoms with Crippen LogP contribution in [-0.4, -0.2) is 0 Å². The van der Waals surface area contributed by atoms with E-state index in [1.54, 1.807) is 0 Å². The van der Waals surface area contributed by atoms with E-state index in [2.05, 4.69) is 30.1 Å². The molecule has 0 fully saturated rings. The first-order valence-electron chi connectivity index (χ1n) is 5.29. The topological polar surface area (TPSA) is 24.7 Å². The average molecular weight is 210 g/mol. The zero-order chi connectivity index (χ0) is 11.4. The van der Waals surface area contributed by atoms with E-state index in [1.165, 1.54) is 11.1 Å². The third kappa shape index (κ3) is 2.76. The molecule has 0 aromatic heterocycles. The van der Waals surface area contributed by atoms with Crippen molar-refractivity contribution in [2.24, 2.45) is 10.2 Å². The van der Waals surface area contributed by atoms with Gasteiger partial charge in [0.15, 0.2) is 0 Å². The molecular formula is C14H14N2. The first-order chi connectivity index (χ1) is 7.74. The van der Waals surface area contributed by atoms with Crippen LogP contribution in [0.5, 0.6) is 0 Å². The normalized spacial score (nSPS) is 10.9. The maximum atomic E-state index is 4.22. The van der Waals surface area contributed by atoms with Crippen LogP contribution in [0.2, 0.25) is 0 Å². The van der Waals surface area contributed by atoms with Crippen molar-refractivity contribution in [2.45, 2.75) is 13.8 Å². The molecule has 0 saturated heterocycles. The number of nitrogens with zero attached hydrogens (tertiary/aromatic N) is 2. The van der Waals surface area contributed by atoms with Gasteiger partial charge in [-0.3, -0.25) is 0 Å². The van der Waals surface area contributed by atoms with Crippen molar-refractivity contribution in [3.05, 3.63) is 59.7 Å². The Morgan fingerprint density at radius 1 is 0.688 bits per heavy atom. The van der Waals surface area contributed by atoms with Crippen molar-refractivity contribution in [2.75, 3.05) is 0 Å². The van der Waals surface area contributed by atoms with Gasteiger partial charge in [0, 0.05) is 0 Å². The summed E-state index contributed by atoms with van der Waals surface area (Å²) < 4.78 is 0. The van der Waals surface area contributed by atoms with Gasteiger partial charge < -0.3 is 0 Å². The number of benzene rings is 2. The van der Waals surface area contributed by atoms with Crippen molar-refractivity contribution in [3.63, 3.8) is 0 Å². The lowest BCUT2D eigenvalue weighted by Crippen LogP contribution is -1.75. The van der Waals surface area contributed by atoms with E-state index >= 15 is 0 Å². The molecule has 0 aliphatic heterocycles. The van der Waals surface area contributed by atoms with Crippen molar-refractivity contribution in [1.29, 1.82) is 0 Å². The predicted octanol–water partition coefficient (Wildman–Crippen LogP) is 4.72. The Bertz CT molecular complexity index is 481. The molecule has 16 heavy (non-hydrogen) atoms. The van der Waals surface area contributed by atoms with Gasteiger partial charge in [0.1, 0.15) is 0 Å². The van der Waals surface area contributed by atoms with Gasteiger partial charge in [0.2, 0.25) is 0 Å². The van der Waals surface area contributed by atoms with Gasteiger partial charge in [-0.05, 0) is 49.2 Å². The summed E-state index contributed by atoms with van der Waals surface area (Å²) in [7, 11) is 0. The van der Waals surface area contributed by atoms with Crippen molar-refractivity contribution in [3.8, 4) is 0 Å². The second-order valence-electron chi connectivity index (χ2n) is 3.88. The Balaban J connectivity index is 2.24. The largest absolute Gasteiger partial charge is 0.151 e. The Morgan fingerprint density at radius 3 is 1.88 bits per heavy atom. The number of rotatable bonds is 2. The minimum Gasteiger partial charge on any atom is -0.151 e. The van der Waals surface area contributed by atoms with Gasteiger partial charge >= 0.3 is 0 Å². The Morgan fingerprint density at radius 2 is 1.25 bits per heavy atom. The summed E-state index contributed by atoms with van der Waals surface area (Å²) in [5, 5.41) is 8.41. The van der Waals surface area contributed by atoms with Gasteiger partial charge in [0.05, 0.1) is 11.4 Å². The van der Waals surface area contributed by atoms with Crippen molar-refractivity contribution in [1.82, 2.24) is 0 Å². The highest BCUT2D eigenvalue weighted by Crippen LogP contribution is 2.20. The molecule has 0 saturated carbocycles. The first-order valence-corrected chi connectivity index (χ1v) is 5.29. The third-order valence-electron chi connectivity index (χ3n) is 2.24. The second kappa shape index (κ2) is 4.71. The van der Waals surface area contributed by atoms with E-state index < -0.39 is 0 Å². The molecule has 0 atom stereocenters. The molecule has 0 spiro atoms. The zero-order valence-corrected chi connectivity index (χ0v) is 9.51. The molecule has 0 aliphatic carbocycles. The lowest BCUT2D eigenvalue weighted by atomic mass is 10.1. The minimum absolute atomic E-state index is 0.877. The molecule has 0 radical (unpaired) electrons. The van der Waals surface area contributed by atoms with Crippen LogP contribution in [0.15, 0.2) is 58.8 Å². The molecule has 0 N–H and O–H groups in total. The number of hydrogen-bond donors (Lipinski definition) is 0. The highest BCUT2D eigenvalue weighted by molar-refractivity contribution is 5.44. The molecule has 2 nitrogen and oxygen atoms in total. The van der Waals surface area contributed by atoms with E-state index in [9.17, 15) is 0 Å². The maximum absolute atomic E-state index is 4.22. The summed E-state index contributed by atoms with van der Waals surface area (Å²) in [5.74, 6) is 0. The molecule has 0 aliphatic rings. The van der Waals surface area contributed by atoms with Crippen LogP contribution in [-0.2, 0) is 0 Å². The summed E-state index contributed by atoms with van der Waals surface area (Å²) in [6.45, 7) is 4.13. The molecule has 2 rings (SSSR count). The highest BCUT2D eigenvalue weighted by Gasteiger charge is 1.93. The van der Waals surface area contributed by atoms with E-state index in [0.29, 0.717) is 0 Å². The fourth-order valence-corrected chi connectivity index (χ4v) is 1.62. The molecule has 2 heteroatoms. The lowest BCUT2D eigenvalue weighted by Gasteiger charge is -1.98. The van der Waals surface area contributed by atoms with Crippen LogP contribution >= 0.6 is 0 Å². The van der Waals surface area contributed by atoms with Crippen LogP contribution in [0.4, 0.5) is 11.4 Å². The fraction of sp³-hybridized carbons (Fsp3) is 0.143. The van der Waals surface area contributed by atoms with Crippen molar-refractivity contribution >= 4 is 11.4 Å². The Kier molecular flexibility index (Phi) is 3.10. The molecule has 0 amide bonds. The van der Waals surface area contributed by atoms with Crippen LogP contribution in [0.3, 0.4) is 0 Å². The molecule has 0 bridgehead atoms. The molecule has 2 aromatic rings. The minimum atomic E-state index is 0.877. The van der Waals surface area contributed by atoms with E-state index in [-0.39, 0.29) is 0 Å². The van der Waals surface area contributed by atoms with Gasteiger partial charge in [-0.1, -0.05) is 24.3 Å². The highest BCUT2D eigenvalue weighted by atomic mass is 15.1. The summed E-state index contributed by atoms with van der Waals surface area (Å²) in [5.41, 5.74) is 4.20. The fourth-order valence-electron chi connectivity index (χ4n) is 1.62. The van der Waals surface area contributed by atoms with Crippen LogP contribution < -0.4 is 0 Å². The smallest absolute Gasteiger partial charge is 0.0862 e. The van der Waals surface area contributed by atoms with Gasteiger partial charge in [-0.2, -0.15) is 10.2 Å². The first kappa shape index (κ1) is 10.6. The standard InChI is InChI=1S/C14H14N2/c1-11-8-12(2)10-14(9-11)16-15-13-6-4-3-5-7-13/h3-10H,1-2H3. The summed E-state index contributed by atoms with van der Waals surface area (Å²) in [6.07, 6.45) is 0. The predicted molar refractivity (Wildman–Crippen MR) is 66.5 cm³/mol. The third-order valence-corrected chi connectivity index (χ3v) is 2.24. The number of azo groups is 1. The SMILES string of the molecule is Cc1cc(C)cc(N=Nc2ccccc2)c1.